The predicted molar refractivity (Wildman–Crippen MR) is 55.0 cm³/mol. The maximum Gasteiger partial charge on any atom is 0.307 e. The fraction of sp³-hybridized carbons (Fsp3) is 0.900. The van der Waals surface area contributed by atoms with Crippen molar-refractivity contribution in [3.8, 4) is 0 Å². The van der Waals surface area contributed by atoms with Crippen LogP contribution in [0.5, 0.6) is 0 Å². The lowest BCUT2D eigenvalue weighted by atomic mass is 10.1. The van der Waals surface area contributed by atoms with Gasteiger partial charge < -0.3 is 15.2 Å². The van der Waals surface area contributed by atoms with Crippen molar-refractivity contribution < 1.29 is 14.6 Å². The minimum Gasteiger partial charge on any atom is -0.466 e. The molecule has 0 aromatic carbocycles. The van der Waals surface area contributed by atoms with Gasteiger partial charge in [-0.2, -0.15) is 0 Å². The summed E-state index contributed by atoms with van der Waals surface area (Å²) < 4.78 is 4.79. The van der Waals surface area contributed by atoms with E-state index < -0.39 is 0 Å². The van der Waals surface area contributed by atoms with Crippen LogP contribution in [-0.2, 0) is 9.53 Å². The molecule has 84 valence electrons. The van der Waals surface area contributed by atoms with Crippen LogP contribution in [0, 0.1) is 0 Å². The fourth-order valence-electron chi connectivity index (χ4n) is 1.22. The third-order valence-corrected chi connectivity index (χ3v) is 2.04. The second-order valence-electron chi connectivity index (χ2n) is 3.13. The Balaban J connectivity index is 3.45. The summed E-state index contributed by atoms with van der Waals surface area (Å²) in [6, 6.07) is 0.300. The molecule has 0 aliphatic heterocycles. The highest BCUT2D eigenvalue weighted by molar-refractivity contribution is 5.69. The Labute approximate surface area is 85.6 Å². The summed E-state index contributed by atoms with van der Waals surface area (Å²) >= 11 is 0. The fourth-order valence-corrected chi connectivity index (χ4v) is 1.22. The Morgan fingerprint density at radius 1 is 1.50 bits per heavy atom. The molecule has 0 heterocycles. The van der Waals surface area contributed by atoms with Gasteiger partial charge in [0.05, 0.1) is 13.0 Å². The smallest absolute Gasteiger partial charge is 0.307 e. The van der Waals surface area contributed by atoms with Gasteiger partial charge >= 0.3 is 5.97 Å². The minimum absolute atomic E-state index is 0.168. The molecule has 0 radical (unpaired) electrons. The number of rotatable bonds is 8. The summed E-state index contributed by atoms with van der Waals surface area (Å²) in [6.45, 7) is 5.10. The van der Waals surface area contributed by atoms with Gasteiger partial charge in [-0.3, -0.25) is 4.79 Å². The average Bonchev–Trinajstić information content (AvgIpc) is 2.17. The molecule has 0 saturated heterocycles. The van der Waals surface area contributed by atoms with E-state index in [9.17, 15) is 4.79 Å². The molecular formula is C10H21NO3. The summed E-state index contributed by atoms with van der Waals surface area (Å²) in [6.07, 6.45) is 2.10. The molecule has 0 aliphatic carbocycles. The minimum atomic E-state index is -0.168. The van der Waals surface area contributed by atoms with Gasteiger partial charge in [0, 0.05) is 19.2 Å². The molecule has 0 aromatic heterocycles. The number of nitrogens with one attached hydrogen (secondary N) is 1. The van der Waals surface area contributed by atoms with Gasteiger partial charge in [-0.1, -0.05) is 6.92 Å². The van der Waals surface area contributed by atoms with Crippen molar-refractivity contribution in [2.75, 3.05) is 19.8 Å². The van der Waals surface area contributed by atoms with Crippen molar-refractivity contribution in [1.29, 1.82) is 0 Å². The van der Waals surface area contributed by atoms with Gasteiger partial charge in [-0.05, 0) is 19.8 Å². The van der Waals surface area contributed by atoms with Crippen molar-refractivity contribution >= 4 is 5.97 Å². The maximum absolute atomic E-state index is 11.0. The Hall–Kier alpha value is -0.610. The highest BCUT2D eigenvalue weighted by atomic mass is 16.5. The summed E-state index contributed by atoms with van der Waals surface area (Å²) in [5.41, 5.74) is 0. The zero-order valence-electron chi connectivity index (χ0n) is 9.08. The molecular weight excluding hydrogens is 182 g/mol. The van der Waals surface area contributed by atoms with Crippen LogP contribution < -0.4 is 5.32 Å². The van der Waals surface area contributed by atoms with E-state index >= 15 is 0 Å². The molecule has 0 saturated carbocycles. The van der Waals surface area contributed by atoms with Gasteiger partial charge in [0.2, 0.25) is 0 Å². The number of aliphatic hydroxyl groups is 1. The van der Waals surface area contributed by atoms with Crippen molar-refractivity contribution in [3.05, 3.63) is 0 Å². The molecule has 1 unspecified atom stereocenters. The monoisotopic (exact) mass is 203 g/mol. The Morgan fingerprint density at radius 2 is 2.21 bits per heavy atom. The predicted octanol–water partition coefficient (Wildman–Crippen LogP) is 0.690. The van der Waals surface area contributed by atoms with E-state index in [1.807, 2.05) is 0 Å². The van der Waals surface area contributed by atoms with Crippen molar-refractivity contribution in [2.24, 2.45) is 0 Å². The van der Waals surface area contributed by atoms with Gasteiger partial charge in [-0.25, -0.2) is 0 Å². The first-order valence-electron chi connectivity index (χ1n) is 5.24. The lowest BCUT2D eigenvalue weighted by Gasteiger charge is -2.14. The first-order chi connectivity index (χ1) is 6.74. The van der Waals surface area contributed by atoms with Crippen LogP contribution in [0.25, 0.3) is 0 Å². The average molecular weight is 203 g/mol. The molecule has 0 spiro atoms. The SMILES string of the molecule is CCOC(=O)CCNC(CC)CCO. The van der Waals surface area contributed by atoms with Gasteiger partial charge in [0.15, 0.2) is 0 Å². The van der Waals surface area contributed by atoms with E-state index in [1.54, 1.807) is 6.92 Å². The largest absolute Gasteiger partial charge is 0.466 e. The van der Waals surface area contributed by atoms with E-state index in [2.05, 4.69) is 12.2 Å². The number of aliphatic hydroxyl groups excluding tert-OH is 1. The van der Waals surface area contributed by atoms with Crippen LogP contribution in [0.3, 0.4) is 0 Å². The van der Waals surface area contributed by atoms with Crippen molar-refractivity contribution in [1.82, 2.24) is 5.32 Å². The quantitative estimate of drug-likeness (QED) is 0.570. The summed E-state index contributed by atoms with van der Waals surface area (Å²) in [5.74, 6) is -0.168. The van der Waals surface area contributed by atoms with Crippen LogP contribution in [0.4, 0.5) is 0 Å². The van der Waals surface area contributed by atoms with Gasteiger partial charge in [0.1, 0.15) is 0 Å². The van der Waals surface area contributed by atoms with E-state index in [0.29, 0.717) is 25.6 Å². The third-order valence-electron chi connectivity index (χ3n) is 2.04. The second-order valence-corrected chi connectivity index (χ2v) is 3.13. The summed E-state index contributed by atoms with van der Waals surface area (Å²) in [4.78, 5) is 11.0. The number of esters is 1. The second kappa shape index (κ2) is 8.97. The number of ether oxygens (including phenoxy) is 1. The Kier molecular flexibility index (Phi) is 8.57. The molecule has 0 bridgehead atoms. The lowest BCUT2D eigenvalue weighted by molar-refractivity contribution is -0.143. The van der Waals surface area contributed by atoms with Crippen molar-refractivity contribution in [3.63, 3.8) is 0 Å². The molecule has 0 rings (SSSR count). The maximum atomic E-state index is 11.0. The topological polar surface area (TPSA) is 58.6 Å². The first kappa shape index (κ1) is 13.4. The normalized spacial score (nSPS) is 12.5. The van der Waals surface area contributed by atoms with Crippen molar-refractivity contribution in [2.45, 2.75) is 39.2 Å². The summed E-state index contributed by atoms with van der Waals surface area (Å²) in [5, 5.41) is 11.9. The standard InChI is InChI=1S/C10H21NO3/c1-3-9(6-8-12)11-7-5-10(13)14-4-2/h9,11-12H,3-8H2,1-2H3. The number of hydrogen-bond donors (Lipinski definition) is 2. The van der Waals surface area contributed by atoms with Crippen LogP contribution in [0.1, 0.15) is 33.1 Å². The number of carbonyl (C=O) groups is 1. The molecule has 0 amide bonds. The van der Waals surface area contributed by atoms with E-state index in [0.717, 1.165) is 12.8 Å². The van der Waals surface area contributed by atoms with Crippen LogP contribution in [0.2, 0.25) is 0 Å². The van der Waals surface area contributed by atoms with Gasteiger partial charge in [-0.15, -0.1) is 0 Å². The molecule has 4 heteroatoms. The van der Waals surface area contributed by atoms with Crippen LogP contribution in [0.15, 0.2) is 0 Å². The lowest BCUT2D eigenvalue weighted by Crippen LogP contribution is -2.31. The van der Waals surface area contributed by atoms with Crippen LogP contribution >= 0.6 is 0 Å². The van der Waals surface area contributed by atoms with E-state index in [1.165, 1.54) is 0 Å². The number of carbonyl (C=O) groups excluding carboxylic acids is 1. The highest BCUT2D eigenvalue weighted by Gasteiger charge is 2.06. The van der Waals surface area contributed by atoms with Gasteiger partial charge in [0.25, 0.3) is 0 Å². The Bertz CT molecular complexity index is 150. The zero-order valence-corrected chi connectivity index (χ0v) is 9.08. The first-order valence-corrected chi connectivity index (χ1v) is 5.24. The summed E-state index contributed by atoms with van der Waals surface area (Å²) in [7, 11) is 0. The Morgan fingerprint density at radius 3 is 2.71 bits per heavy atom. The third kappa shape index (κ3) is 6.86. The molecule has 1 atom stereocenters. The van der Waals surface area contributed by atoms with Crippen LogP contribution in [-0.4, -0.2) is 36.9 Å². The van der Waals surface area contributed by atoms with E-state index in [-0.39, 0.29) is 12.6 Å². The molecule has 0 fully saturated rings. The van der Waals surface area contributed by atoms with E-state index in [4.69, 9.17) is 9.84 Å². The molecule has 14 heavy (non-hydrogen) atoms. The molecule has 0 aliphatic rings. The highest BCUT2D eigenvalue weighted by Crippen LogP contribution is 1.96. The molecule has 4 nitrogen and oxygen atoms in total. The molecule has 2 N–H and O–H groups in total. The number of hydrogen-bond acceptors (Lipinski definition) is 4. The molecule has 0 aromatic rings. The zero-order chi connectivity index (χ0) is 10.8.